The fourth-order valence-corrected chi connectivity index (χ4v) is 1.93. The third kappa shape index (κ3) is 12.5. The highest BCUT2D eigenvalue weighted by Gasteiger charge is 2.00. The predicted molar refractivity (Wildman–Crippen MR) is 98.6 cm³/mol. The fraction of sp³-hybridized carbons (Fsp3) is 0.579. The van der Waals surface area contributed by atoms with Crippen LogP contribution in [0.15, 0.2) is 36.1 Å². The summed E-state index contributed by atoms with van der Waals surface area (Å²) >= 11 is 0. The summed E-state index contributed by atoms with van der Waals surface area (Å²) in [6.45, 7) is 8.74. The van der Waals surface area contributed by atoms with Gasteiger partial charge in [0, 0.05) is 31.8 Å². The van der Waals surface area contributed by atoms with Crippen molar-refractivity contribution in [3.05, 3.63) is 36.1 Å². The molecule has 0 aliphatic heterocycles. The molecular weight excluding hydrogens is 304 g/mol. The molecule has 0 spiro atoms. The number of carboxylic acid groups (broad SMARTS) is 1. The average molecular weight is 336 g/mol. The molecule has 0 saturated heterocycles. The Balaban J connectivity index is 3.96. The maximum Gasteiger partial charge on any atom is 0.303 e. The van der Waals surface area contributed by atoms with Crippen molar-refractivity contribution < 1.29 is 14.7 Å². The van der Waals surface area contributed by atoms with E-state index in [0.717, 1.165) is 43.4 Å². The first-order chi connectivity index (χ1) is 11.4. The first kappa shape index (κ1) is 22.0. The molecule has 3 N–H and O–H groups in total. The molecule has 1 amide bonds. The van der Waals surface area contributed by atoms with Gasteiger partial charge in [0.2, 0.25) is 5.91 Å². The van der Waals surface area contributed by atoms with Crippen LogP contribution in [0.4, 0.5) is 0 Å². The van der Waals surface area contributed by atoms with Crippen LogP contribution in [-0.4, -0.2) is 30.6 Å². The topological polar surface area (TPSA) is 78.4 Å². The summed E-state index contributed by atoms with van der Waals surface area (Å²) in [6, 6.07) is 0. The third-order valence-corrected chi connectivity index (χ3v) is 3.66. The number of hydrogen-bond donors (Lipinski definition) is 3. The van der Waals surface area contributed by atoms with E-state index in [2.05, 4.69) is 31.1 Å². The maximum absolute atomic E-state index is 11.9. The Morgan fingerprint density at radius 1 is 1.08 bits per heavy atom. The van der Waals surface area contributed by atoms with E-state index in [1.807, 2.05) is 12.2 Å². The summed E-state index contributed by atoms with van der Waals surface area (Å²) in [4.78, 5) is 22.2. The summed E-state index contributed by atoms with van der Waals surface area (Å²) in [5, 5.41) is 14.4. The molecule has 0 aromatic carbocycles. The Bertz CT molecular complexity index is 465. The van der Waals surface area contributed by atoms with E-state index < -0.39 is 5.97 Å². The van der Waals surface area contributed by atoms with Crippen molar-refractivity contribution in [3.8, 4) is 0 Å². The molecule has 0 bridgehead atoms. The van der Waals surface area contributed by atoms with E-state index in [9.17, 15) is 9.59 Å². The summed E-state index contributed by atoms with van der Waals surface area (Å²) in [7, 11) is 1.78. The van der Waals surface area contributed by atoms with Crippen LogP contribution in [-0.2, 0) is 9.59 Å². The number of amides is 1. The SMILES string of the molecule is C=C(/C=C\C(=C\C(=O)NCCCCCCCC(=O)O)NC)C(C)C. The number of carbonyl (C=O) groups is 2. The van der Waals surface area contributed by atoms with Crippen LogP contribution in [0.5, 0.6) is 0 Å². The van der Waals surface area contributed by atoms with Crippen molar-refractivity contribution in [2.75, 3.05) is 13.6 Å². The normalized spacial score (nSPS) is 11.8. The van der Waals surface area contributed by atoms with Gasteiger partial charge >= 0.3 is 5.97 Å². The number of aliphatic carboxylic acids is 1. The molecule has 5 heteroatoms. The lowest BCUT2D eigenvalue weighted by atomic mass is 10.0. The van der Waals surface area contributed by atoms with Gasteiger partial charge in [-0.3, -0.25) is 9.59 Å². The highest BCUT2D eigenvalue weighted by molar-refractivity contribution is 5.88. The van der Waals surface area contributed by atoms with Crippen molar-refractivity contribution in [3.63, 3.8) is 0 Å². The first-order valence-corrected chi connectivity index (χ1v) is 8.62. The Labute approximate surface area is 145 Å². The second kappa shape index (κ2) is 13.4. The molecular formula is C19H32N2O3. The standard InChI is InChI=1S/C19H32N2O3/c1-15(2)16(3)11-12-17(20-4)14-18(22)21-13-9-7-5-6-8-10-19(23)24/h11-12,14-15,20H,3,5-10,13H2,1-2,4H3,(H,21,22)(H,23,24)/b12-11-,17-14-. The van der Waals surface area contributed by atoms with E-state index in [0.29, 0.717) is 12.5 Å². The van der Waals surface area contributed by atoms with E-state index in [4.69, 9.17) is 5.11 Å². The molecule has 0 radical (unpaired) electrons. The fourth-order valence-electron chi connectivity index (χ4n) is 1.93. The molecule has 0 heterocycles. The lowest BCUT2D eigenvalue weighted by Gasteiger charge is -2.06. The quantitative estimate of drug-likeness (QED) is 0.274. The first-order valence-electron chi connectivity index (χ1n) is 8.62. The van der Waals surface area contributed by atoms with Gasteiger partial charge in [-0.1, -0.05) is 51.3 Å². The number of carbonyl (C=O) groups excluding carboxylic acids is 1. The number of hydrogen-bond acceptors (Lipinski definition) is 3. The third-order valence-electron chi connectivity index (χ3n) is 3.66. The van der Waals surface area contributed by atoms with Gasteiger partial charge < -0.3 is 15.7 Å². The lowest BCUT2D eigenvalue weighted by Crippen LogP contribution is -2.23. The average Bonchev–Trinajstić information content (AvgIpc) is 2.52. The van der Waals surface area contributed by atoms with Gasteiger partial charge in [-0.2, -0.15) is 0 Å². The zero-order chi connectivity index (χ0) is 18.4. The second-order valence-corrected chi connectivity index (χ2v) is 6.12. The van der Waals surface area contributed by atoms with Crippen molar-refractivity contribution in [1.29, 1.82) is 0 Å². The molecule has 0 atom stereocenters. The van der Waals surface area contributed by atoms with Gasteiger partial charge in [0.05, 0.1) is 0 Å². The molecule has 0 unspecified atom stereocenters. The van der Waals surface area contributed by atoms with Gasteiger partial charge in [0.1, 0.15) is 0 Å². The summed E-state index contributed by atoms with van der Waals surface area (Å²) < 4.78 is 0. The predicted octanol–water partition coefficient (Wildman–Crippen LogP) is 3.40. The smallest absolute Gasteiger partial charge is 0.303 e. The van der Waals surface area contributed by atoms with Crippen LogP contribution in [0.1, 0.15) is 52.4 Å². The summed E-state index contributed by atoms with van der Waals surface area (Å²) in [5.74, 6) is -0.478. The van der Waals surface area contributed by atoms with Gasteiger partial charge in [-0.25, -0.2) is 0 Å². The van der Waals surface area contributed by atoms with Crippen LogP contribution in [0, 0.1) is 5.92 Å². The summed E-state index contributed by atoms with van der Waals surface area (Å²) in [6.07, 6.45) is 10.1. The van der Waals surface area contributed by atoms with Crippen LogP contribution in [0.2, 0.25) is 0 Å². The van der Waals surface area contributed by atoms with Gasteiger partial charge in [0.15, 0.2) is 0 Å². The van der Waals surface area contributed by atoms with Crippen molar-refractivity contribution in [2.24, 2.45) is 5.92 Å². The Morgan fingerprint density at radius 3 is 2.29 bits per heavy atom. The van der Waals surface area contributed by atoms with E-state index >= 15 is 0 Å². The summed E-state index contributed by atoms with van der Waals surface area (Å²) in [5.41, 5.74) is 1.75. The van der Waals surface area contributed by atoms with E-state index in [1.54, 1.807) is 7.05 Å². The Morgan fingerprint density at radius 2 is 1.71 bits per heavy atom. The minimum atomic E-state index is -0.736. The highest BCUT2D eigenvalue weighted by atomic mass is 16.4. The van der Waals surface area contributed by atoms with E-state index in [-0.39, 0.29) is 12.3 Å². The molecule has 0 aliphatic carbocycles. The molecule has 24 heavy (non-hydrogen) atoms. The number of rotatable bonds is 13. The van der Waals surface area contributed by atoms with E-state index in [1.165, 1.54) is 6.08 Å². The van der Waals surface area contributed by atoms with Gasteiger partial charge in [-0.15, -0.1) is 0 Å². The number of carboxylic acids is 1. The van der Waals surface area contributed by atoms with Crippen molar-refractivity contribution >= 4 is 11.9 Å². The minimum Gasteiger partial charge on any atom is -0.481 e. The molecule has 0 rings (SSSR count). The molecule has 0 aromatic heterocycles. The Kier molecular flexibility index (Phi) is 12.3. The Hall–Kier alpha value is -2.04. The molecule has 0 aromatic rings. The van der Waals surface area contributed by atoms with Crippen molar-refractivity contribution in [2.45, 2.75) is 52.4 Å². The number of nitrogens with one attached hydrogen (secondary N) is 2. The zero-order valence-electron chi connectivity index (χ0n) is 15.2. The molecule has 5 nitrogen and oxygen atoms in total. The molecule has 0 fully saturated rings. The van der Waals surface area contributed by atoms with Crippen LogP contribution in [0.3, 0.4) is 0 Å². The van der Waals surface area contributed by atoms with Crippen LogP contribution >= 0.6 is 0 Å². The molecule has 0 aliphatic rings. The molecule has 136 valence electrons. The monoisotopic (exact) mass is 336 g/mol. The van der Waals surface area contributed by atoms with Gasteiger partial charge in [0.25, 0.3) is 0 Å². The zero-order valence-corrected chi connectivity index (χ0v) is 15.2. The number of allylic oxidation sites excluding steroid dienone is 3. The van der Waals surface area contributed by atoms with Crippen molar-refractivity contribution in [1.82, 2.24) is 10.6 Å². The highest BCUT2D eigenvalue weighted by Crippen LogP contribution is 2.09. The lowest BCUT2D eigenvalue weighted by molar-refractivity contribution is -0.137. The van der Waals surface area contributed by atoms with Gasteiger partial charge in [-0.05, 0) is 24.8 Å². The largest absolute Gasteiger partial charge is 0.481 e. The second-order valence-electron chi connectivity index (χ2n) is 6.12. The van der Waals surface area contributed by atoms with Crippen LogP contribution < -0.4 is 10.6 Å². The minimum absolute atomic E-state index is 0.120. The maximum atomic E-state index is 11.9. The number of likely N-dealkylation sites (N-methyl/N-ethyl adjacent to an activating group) is 1. The number of unbranched alkanes of at least 4 members (excludes halogenated alkanes) is 4. The molecule has 0 saturated carbocycles. The van der Waals surface area contributed by atoms with Crippen LogP contribution in [0.25, 0.3) is 0 Å².